The third-order valence-electron chi connectivity index (χ3n) is 4.01. The minimum atomic E-state index is -0.694. The lowest BCUT2D eigenvalue weighted by molar-refractivity contribution is -0.150. The number of carbonyl (C=O) groups excluding carboxylic acids is 2. The predicted molar refractivity (Wildman–Crippen MR) is 99.7 cm³/mol. The quantitative estimate of drug-likeness (QED) is 0.739. The summed E-state index contributed by atoms with van der Waals surface area (Å²) in [6.45, 7) is 3.84. The van der Waals surface area contributed by atoms with Crippen LogP contribution in [-0.4, -0.2) is 25.0 Å². The van der Waals surface area contributed by atoms with Crippen LogP contribution in [0.15, 0.2) is 54.6 Å². The molecule has 1 amide bonds. The molecule has 2 aromatic rings. The number of ether oxygens (including phenoxy) is 2. The van der Waals surface area contributed by atoms with Gasteiger partial charge < -0.3 is 14.8 Å². The SMILES string of the molecule is COc1ccccc1COC(=O)[C@@H](NC(=O)Cc1ccccc1)C(C)C. The zero-order valence-corrected chi connectivity index (χ0v) is 15.4. The van der Waals surface area contributed by atoms with Crippen molar-refractivity contribution < 1.29 is 19.1 Å². The van der Waals surface area contributed by atoms with Crippen molar-refractivity contribution in [2.45, 2.75) is 32.9 Å². The highest BCUT2D eigenvalue weighted by molar-refractivity contribution is 5.85. The number of carbonyl (C=O) groups is 2. The van der Waals surface area contributed by atoms with Crippen LogP contribution in [0, 0.1) is 5.92 Å². The summed E-state index contributed by atoms with van der Waals surface area (Å²) in [5.74, 6) is -0.0779. The predicted octanol–water partition coefficient (Wildman–Crippen LogP) is 3.12. The minimum Gasteiger partial charge on any atom is -0.496 e. The zero-order valence-electron chi connectivity index (χ0n) is 15.4. The van der Waals surface area contributed by atoms with Crippen LogP contribution < -0.4 is 10.1 Å². The summed E-state index contributed by atoms with van der Waals surface area (Å²) < 4.78 is 10.7. The topological polar surface area (TPSA) is 64.6 Å². The van der Waals surface area contributed by atoms with Gasteiger partial charge in [-0.3, -0.25) is 4.79 Å². The van der Waals surface area contributed by atoms with E-state index in [0.29, 0.717) is 5.75 Å². The lowest BCUT2D eigenvalue weighted by Gasteiger charge is -2.21. The van der Waals surface area contributed by atoms with Crippen molar-refractivity contribution in [2.24, 2.45) is 5.92 Å². The van der Waals surface area contributed by atoms with Gasteiger partial charge in [0.05, 0.1) is 13.5 Å². The lowest BCUT2D eigenvalue weighted by atomic mass is 10.0. The Labute approximate surface area is 154 Å². The van der Waals surface area contributed by atoms with Crippen molar-refractivity contribution in [1.29, 1.82) is 0 Å². The molecule has 0 unspecified atom stereocenters. The van der Waals surface area contributed by atoms with Crippen LogP contribution in [0.25, 0.3) is 0 Å². The molecule has 1 atom stereocenters. The van der Waals surface area contributed by atoms with Gasteiger partial charge in [-0.25, -0.2) is 4.79 Å². The number of benzene rings is 2. The van der Waals surface area contributed by atoms with Crippen molar-refractivity contribution in [3.8, 4) is 5.75 Å². The number of esters is 1. The summed E-state index contributed by atoms with van der Waals surface area (Å²) in [6, 6.07) is 16.1. The Bertz CT molecular complexity index is 728. The van der Waals surface area contributed by atoms with Gasteiger partial charge in [0.25, 0.3) is 0 Å². The molecule has 2 rings (SSSR count). The second-order valence-corrected chi connectivity index (χ2v) is 6.37. The average Bonchev–Trinajstić information content (AvgIpc) is 2.65. The van der Waals surface area contributed by atoms with E-state index in [1.807, 2.05) is 68.4 Å². The fraction of sp³-hybridized carbons (Fsp3) is 0.333. The van der Waals surface area contributed by atoms with Gasteiger partial charge in [-0.2, -0.15) is 0 Å². The molecule has 0 aliphatic heterocycles. The first-order chi connectivity index (χ1) is 12.5. The maximum Gasteiger partial charge on any atom is 0.329 e. The highest BCUT2D eigenvalue weighted by Crippen LogP contribution is 2.18. The largest absolute Gasteiger partial charge is 0.496 e. The van der Waals surface area contributed by atoms with Gasteiger partial charge >= 0.3 is 5.97 Å². The Hall–Kier alpha value is -2.82. The Morgan fingerprint density at radius 1 is 1.00 bits per heavy atom. The van der Waals surface area contributed by atoms with E-state index in [4.69, 9.17) is 9.47 Å². The standard InChI is InChI=1S/C21H25NO4/c1-15(2)20(22-19(23)13-16-9-5-4-6-10-16)21(24)26-14-17-11-7-8-12-18(17)25-3/h4-12,15,20H,13-14H2,1-3H3,(H,22,23)/t20-/m0/s1. The first kappa shape index (κ1) is 19.5. The van der Waals surface area contributed by atoms with Gasteiger partial charge in [-0.1, -0.05) is 62.4 Å². The molecule has 0 bridgehead atoms. The molecule has 5 nitrogen and oxygen atoms in total. The van der Waals surface area contributed by atoms with E-state index in [1.54, 1.807) is 7.11 Å². The van der Waals surface area contributed by atoms with Crippen LogP contribution in [0.3, 0.4) is 0 Å². The second kappa shape index (κ2) is 9.61. The first-order valence-corrected chi connectivity index (χ1v) is 8.63. The van der Waals surface area contributed by atoms with Crippen LogP contribution in [0.2, 0.25) is 0 Å². The molecule has 0 saturated carbocycles. The van der Waals surface area contributed by atoms with Crippen LogP contribution in [0.1, 0.15) is 25.0 Å². The molecule has 5 heteroatoms. The Balaban J connectivity index is 1.95. The molecular formula is C21H25NO4. The van der Waals surface area contributed by atoms with E-state index in [9.17, 15) is 9.59 Å². The maximum atomic E-state index is 12.5. The van der Waals surface area contributed by atoms with E-state index in [1.165, 1.54) is 0 Å². The van der Waals surface area contributed by atoms with Gasteiger partial charge in [0.15, 0.2) is 0 Å². The molecule has 0 aliphatic carbocycles. The highest BCUT2D eigenvalue weighted by atomic mass is 16.5. The monoisotopic (exact) mass is 355 g/mol. The molecule has 0 saturated heterocycles. The molecule has 0 aromatic heterocycles. The van der Waals surface area contributed by atoms with Crippen molar-refractivity contribution in [2.75, 3.05) is 7.11 Å². The van der Waals surface area contributed by atoms with Gasteiger partial charge in [-0.05, 0) is 17.5 Å². The van der Waals surface area contributed by atoms with Crippen LogP contribution in [-0.2, 0) is 27.4 Å². The number of methoxy groups -OCH3 is 1. The van der Waals surface area contributed by atoms with Crippen molar-refractivity contribution in [3.63, 3.8) is 0 Å². The normalized spacial score (nSPS) is 11.7. The van der Waals surface area contributed by atoms with Crippen LogP contribution >= 0.6 is 0 Å². The number of amides is 1. The van der Waals surface area contributed by atoms with Crippen molar-refractivity contribution >= 4 is 11.9 Å². The third-order valence-corrected chi connectivity index (χ3v) is 4.01. The Morgan fingerprint density at radius 2 is 1.65 bits per heavy atom. The van der Waals surface area contributed by atoms with E-state index in [0.717, 1.165) is 11.1 Å². The van der Waals surface area contributed by atoms with Crippen LogP contribution in [0.5, 0.6) is 5.75 Å². The summed E-state index contributed by atoms with van der Waals surface area (Å²) in [4.78, 5) is 24.7. The van der Waals surface area contributed by atoms with E-state index in [2.05, 4.69) is 5.32 Å². The molecule has 0 heterocycles. The molecule has 0 fully saturated rings. The fourth-order valence-electron chi connectivity index (χ4n) is 2.56. The van der Waals surface area contributed by atoms with E-state index >= 15 is 0 Å². The van der Waals surface area contributed by atoms with Gasteiger partial charge in [0.1, 0.15) is 18.4 Å². The van der Waals surface area contributed by atoms with Crippen molar-refractivity contribution in [3.05, 3.63) is 65.7 Å². The fourth-order valence-corrected chi connectivity index (χ4v) is 2.56. The van der Waals surface area contributed by atoms with Crippen molar-refractivity contribution in [1.82, 2.24) is 5.32 Å². The number of para-hydroxylation sites is 1. The Morgan fingerprint density at radius 3 is 2.31 bits per heavy atom. The molecule has 0 spiro atoms. The number of hydrogen-bond acceptors (Lipinski definition) is 4. The summed E-state index contributed by atoms with van der Waals surface area (Å²) in [6.07, 6.45) is 0.226. The molecule has 138 valence electrons. The second-order valence-electron chi connectivity index (χ2n) is 6.37. The summed E-state index contributed by atoms with van der Waals surface area (Å²) >= 11 is 0. The lowest BCUT2D eigenvalue weighted by Crippen LogP contribution is -2.45. The smallest absolute Gasteiger partial charge is 0.329 e. The van der Waals surface area contributed by atoms with Gasteiger partial charge in [0.2, 0.25) is 5.91 Å². The van der Waals surface area contributed by atoms with Gasteiger partial charge in [0, 0.05) is 5.56 Å². The number of rotatable bonds is 8. The first-order valence-electron chi connectivity index (χ1n) is 8.63. The maximum absolute atomic E-state index is 12.5. The summed E-state index contributed by atoms with van der Waals surface area (Å²) in [7, 11) is 1.57. The Kier molecular flexibility index (Phi) is 7.21. The van der Waals surface area contributed by atoms with Crippen LogP contribution in [0.4, 0.5) is 0 Å². The average molecular weight is 355 g/mol. The molecular weight excluding hydrogens is 330 g/mol. The van der Waals surface area contributed by atoms with E-state index < -0.39 is 12.0 Å². The molecule has 26 heavy (non-hydrogen) atoms. The molecule has 1 N–H and O–H groups in total. The highest BCUT2D eigenvalue weighted by Gasteiger charge is 2.26. The third kappa shape index (κ3) is 5.62. The molecule has 0 aliphatic rings. The van der Waals surface area contributed by atoms with E-state index in [-0.39, 0.29) is 24.9 Å². The summed E-state index contributed by atoms with van der Waals surface area (Å²) in [5.41, 5.74) is 1.68. The summed E-state index contributed by atoms with van der Waals surface area (Å²) in [5, 5.41) is 2.78. The minimum absolute atomic E-state index is 0.0834. The molecule has 2 aromatic carbocycles. The zero-order chi connectivity index (χ0) is 18.9. The number of nitrogens with one attached hydrogen (secondary N) is 1. The van der Waals surface area contributed by atoms with Gasteiger partial charge in [-0.15, -0.1) is 0 Å². The number of hydrogen-bond donors (Lipinski definition) is 1. The molecule has 0 radical (unpaired) electrons.